The first-order valence-corrected chi connectivity index (χ1v) is 4.56. The van der Waals surface area contributed by atoms with Crippen molar-refractivity contribution in [1.82, 2.24) is 0 Å². The number of benzene rings is 1. The van der Waals surface area contributed by atoms with E-state index in [2.05, 4.69) is 0 Å². The number of rotatable bonds is 3. The van der Waals surface area contributed by atoms with Crippen LogP contribution in [0.5, 0.6) is 0 Å². The Morgan fingerprint density at radius 1 is 1.41 bits per heavy atom. The number of nitrogens with zero attached hydrogens (tertiary/aromatic N) is 1. The molecule has 0 unspecified atom stereocenters. The molecule has 0 spiro atoms. The van der Waals surface area contributed by atoms with Gasteiger partial charge in [0.05, 0.1) is 0 Å². The van der Waals surface area contributed by atoms with Gasteiger partial charge in [-0.25, -0.2) is 8.78 Å². The zero-order chi connectivity index (χ0) is 13.2. The van der Waals surface area contributed by atoms with Crippen LogP contribution in [0.4, 0.5) is 28.9 Å². The van der Waals surface area contributed by atoms with E-state index in [4.69, 9.17) is 5.73 Å². The average molecular weight is 250 g/mol. The maximum Gasteiger partial charge on any atom is 0.384 e. The normalized spacial score (nSPS) is 11.6. The van der Waals surface area contributed by atoms with Crippen molar-refractivity contribution in [2.45, 2.75) is 12.3 Å². The summed E-state index contributed by atoms with van der Waals surface area (Å²) in [5.74, 6) is -6.68. The highest BCUT2D eigenvalue weighted by atomic mass is 19.3. The highest BCUT2D eigenvalue weighted by Crippen LogP contribution is 2.27. The number of nitrogens with two attached hydrogens (primary N) is 1. The van der Waals surface area contributed by atoms with Gasteiger partial charge < -0.3 is 10.6 Å². The first-order valence-electron chi connectivity index (χ1n) is 4.56. The second-order valence-corrected chi connectivity index (χ2v) is 3.38. The van der Waals surface area contributed by atoms with Gasteiger partial charge in [0.1, 0.15) is 0 Å². The van der Waals surface area contributed by atoms with Crippen LogP contribution in [0.1, 0.15) is 0 Å². The van der Waals surface area contributed by atoms with Crippen LogP contribution >= 0.6 is 0 Å². The SMILES string of the molecule is CN(C(=O)C(F)(F)C(F)F)c1cccc(N)c1. The number of nitrogen functional groups attached to an aromatic ring is 1. The summed E-state index contributed by atoms with van der Waals surface area (Å²) in [7, 11) is 0.980. The zero-order valence-electron chi connectivity index (χ0n) is 8.83. The first kappa shape index (κ1) is 13.3. The second-order valence-electron chi connectivity index (χ2n) is 3.38. The van der Waals surface area contributed by atoms with Crippen LogP contribution in [0, 0.1) is 0 Å². The van der Waals surface area contributed by atoms with Crippen LogP contribution in [0.2, 0.25) is 0 Å². The Balaban J connectivity index is 2.98. The standard InChI is InChI=1S/C10H10F4N2O/c1-16(7-4-2-3-6(15)5-7)9(17)10(13,14)8(11)12/h2-5,8H,15H2,1H3. The molecule has 0 aromatic heterocycles. The van der Waals surface area contributed by atoms with E-state index in [1.54, 1.807) is 0 Å². The fourth-order valence-corrected chi connectivity index (χ4v) is 1.17. The van der Waals surface area contributed by atoms with Crippen LogP contribution < -0.4 is 10.6 Å². The molecule has 0 aliphatic carbocycles. The fraction of sp³-hybridized carbons (Fsp3) is 0.300. The van der Waals surface area contributed by atoms with E-state index >= 15 is 0 Å². The maximum absolute atomic E-state index is 12.8. The molecule has 2 N–H and O–H groups in total. The number of carbonyl (C=O) groups is 1. The van der Waals surface area contributed by atoms with Gasteiger partial charge in [0, 0.05) is 18.4 Å². The Kier molecular flexibility index (Phi) is 3.59. The van der Waals surface area contributed by atoms with Crippen molar-refractivity contribution in [3.63, 3.8) is 0 Å². The number of hydrogen-bond acceptors (Lipinski definition) is 2. The van der Waals surface area contributed by atoms with Gasteiger partial charge in [-0.2, -0.15) is 8.78 Å². The van der Waals surface area contributed by atoms with E-state index < -0.39 is 18.3 Å². The number of anilines is 2. The molecule has 0 heterocycles. The Labute approximate surface area is 94.8 Å². The quantitative estimate of drug-likeness (QED) is 0.659. The lowest BCUT2D eigenvalue weighted by molar-refractivity contribution is -0.166. The van der Waals surface area contributed by atoms with Gasteiger partial charge in [0.25, 0.3) is 0 Å². The predicted octanol–water partition coefficient (Wildman–Crippen LogP) is 2.13. The molecule has 3 nitrogen and oxygen atoms in total. The monoisotopic (exact) mass is 250 g/mol. The van der Waals surface area contributed by atoms with Crippen LogP contribution in [-0.2, 0) is 4.79 Å². The second kappa shape index (κ2) is 4.60. The molecule has 0 saturated carbocycles. The van der Waals surface area contributed by atoms with Crippen molar-refractivity contribution in [2.75, 3.05) is 17.7 Å². The van der Waals surface area contributed by atoms with Crippen molar-refractivity contribution in [1.29, 1.82) is 0 Å². The third-order valence-electron chi connectivity index (χ3n) is 2.12. The molecule has 0 aliphatic heterocycles. The fourth-order valence-electron chi connectivity index (χ4n) is 1.17. The third kappa shape index (κ3) is 2.66. The van der Waals surface area contributed by atoms with Gasteiger partial charge in [-0.1, -0.05) is 6.07 Å². The lowest BCUT2D eigenvalue weighted by atomic mass is 10.2. The summed E-state index contributed by atoms with van der Waals surface area (Å²) in [4.78, 5) is 11.6. The Morgan fingerprint density at radius 3 is 2.47 bits per heavy atom. The van der Waals surface area contributed by atoms with Crippen LogP contribution in [-0.4, -0.2) is 25.3 Å². The van der Waals surface area contributed by atoms with Crippen molar-refractivity contribution in [2.24, 2.45) is 0 Å². The van der Waals surface area contributed by atoms with E-state index in [1.165, 1.54) is 24.3 Å². The van der Waals surface area contributed by atoms with E-state index in [0.29, 0.717) is 4.90 Å². The molecule has 94 valence electrons. The number of alkyl halides is 4. The molecule has 0 bridgehead atoms. The molecule has 1 amide bonds. The number of hydrogen-bond donors (Lipinski definition) is 1. The summed E-state index contributed by atoms with van der Waals surface area (Å²) < 4.78 is 49.6. The van der Waals surface area contributed by atoms with E-state index in [1.807, 2.05) is 0 Å². The molecule has 1 aromatic carbocycles. The Bertz CT molecular complexity index is 423. The summed E-state index contributed by atoms with van der Waals surface area (Å²) >= 11 is 0. The highest BCUT2D eigenvalue weighted by Gasteiger charge is 2.50. The molecule has 1 aromatic rings. The number of halogens is 4. The molecule has 0 saturated heterocycles. The van der Waals surface area contributed by atoms with Crippen LogP contribution in [0.3, 0.4) is 0 Å². The highest BCUT2D eigenvalue weighted by molar-refractivity contribution is 5.98. The van der Waals surface area contributed by atoms with Crippen LogP contribution in [0.25, 0.3) is 0 Å². The maximum atomic E-state index is 12.8. The van der Waals surface area contributed by atoms with E-state index in [-0.39, 0.29) is 11.4 Å². The molecule has 17 heavy (non-hydrogen) atoms. The smallest absolute Gasteiger partial charge is 0.384 e. The van der Waals surface area contributed by atoms with Gasteiger partial charge in [-0.3, -0.25) is 4.79 Å². The van der Waals surface area contributed by atoms with Crippen LogP contribution in [0.15, 0.2) is 24.3 Å². The Morgan fingerprint density at radius 2 is 2.00 bits per heavy atom. The Hall–Kier alpha value is -1.79. The van der Waals surface area contributed by atoms with Crippen molar-refractivity contribution in [3.8, 4) is 0 Å². The molecule has 0 fully saturated rings. The lowest BCUT2D eigenvalue weighted by Crippen LogP contribution is -2.46. The predicted molar refractivity (Wildman–Crippen MR) is 55.2 cm³/mol. The van der Waals surface area contributed by atoms with Gasteiger partial charge >= 0.3 is 18.3 Å². The topological polar surface area (TPSA) is 46.3 Å². The summed E-state index contributed by atoms with van der Waals surface area (Å²) in [5.41, 5.74) is 5.65. The van der Waals surface area contributed by atoms with Crippen molar-refractivity contribution >= 4 is 17.3 Å². The zero-order valence-corrected chi connectivity index (χ0v) is 8.83. The average Bonchev–Trinajstić information content (AvgIpc) is 2.26. The summed E-state index contributed by atoms with van der Waals surface area (Å²) in [6, 6.07) is 5.46. The molecule has 0 atom stereocenters. The molecule has 1 rings (SSSR count). The van der Waals surface area contributed by atoms with E-state index in [0.717, 1.165) is 7.05 Å². The summed E-state index contributed by atoms with van der Waals surface area (Å²) in [6.45, 7) is 0. The molecule has 0 aliphatic rings. The van der Waals surface area contributed by atoms with Gasteiger partial charge in [-0.05, 0) is 18.2 Å². The lowest BCUT2D eigenvalue weighted by Gasteiger charge is -2.23. The van der Waals surface area contributed by atoms with Crippen molar-refractivity contribution in [3.05, 3.63) is 24.3 Å². The number of amides is 1. The third-order valence-corrected chi connectivity index (χ3v) is 2.12. The first-order chi connectivity index (χ1) is 7.76. The molecule has 7 heteroatoms. The van der Waals surface area contributed by atoms with Crippen molar-refractivity contribution < 1.29 is 22.4 Å². The van der Waals surface area contributed by atoms with Gasteiger partial charge in [0.2, 0.25) is 0 Å². The van der Waals surface area contributed by atoms with Gasteiger partial charge in [0.15, 0.2) is 0 Å². The van der Waals surface area contributed by atoms with Gasteiger partial charge in [-0.15, -0.1) is 0 Å². The minimum atomic E-state index is -4.71. The largest absolute Gasteiger partial charge is 0.399 e. The molecule has 0 radical (unpaired) electrons. The molecular formula is C10H10F4N2O. The summed E-state index contributed by atoms with van der Waals surface area (Å²) in [6.07, 6.45) is -4.04. The minimum Gasteiger partial charge on any atom is -0.399 e. The summed E-state index contributed by atoms with van der Waals surface area (Å²) in [5, 5.41) is 0. The minimum absolute atomic E-state index is 0.0234. The molecular weight excluding hydrogens is 240 g/mol. The van der Waals surface area contributed by atoms with E-state index in [9.17, 15) is 22.4 Å². The number of carbonyl (C=O) groups excluding carboxylic acids is 1.